The topological polar surface area (TPSA) is 62.6 Å². The lowest BCUT2D eigenvalue weighted by Crippen LogP contribution is -2.43. The molecular weight excluding hydrogens is 362 g/mol. The summed E-state index contributed by atoms with van der Waals surface area (Å²) in [4.78, 5) is 15.5. The van der Waals surface area contributed by atoms with Crippen LogP contribution in [0.4, 0.5) is 0 Å². The Hall–Kier alpha value is -1.34. The second-order valence-electron chi connectivity index (χ2n) is 8.40. The highest BCUT2D eigenvalue weighted by molar-refractivity contribution is 7.89. The first-order valence-electron chi connectivity index (χ1n) is 10.1. The van der Waals surface area contributed by atoms with E-state index in [1.807, 2.05) is 18.9 Å². The van der Waals surface area contributed by atoms with Crippen LogP contribution < -0.4 is 0 Å². The maximum atomic E-state index is 13.4. The minimum absolute atomic E-state index is 0.0428. The molecule has 2 aliphatic heterocycles. The molecule has 0 aromatic carbocycles. The molecular formula is C20H33N3O3S. The molecule has 0 spiro atoms. The fourth-order valence-electron chi connectivity index (χ4n) is 4.66. The summed E-state index contributed by atoms with van der Waals surface area (Å²) in [6.07, 6.45) is 5.11. The first-order chi connectivity index (χ1) is 12.7. The number of piperidine rings is 2. The molecule has 3 heterocycles. The van der Waals surface area contributed by atoms with Gasteiger partial charge in [0.1, 0.15) is 10.6 Å². The minimum atomic E-state index is -3.59. The minimum Gasteiger partial charge on any atom is -0.342 e. The summed E-state index contributed by atoms with van der Waals surface area (Å²) in [5.74, 6) is 0.326. The van der Waals surface area contributed by atoms with E-state index < -0.39 is 10.0 Å². The van der Waals surface area contributed by atoms with Gasteiger partial charge in [0.25, 0.3) is 5.91 Å². The maximum Gasteiger partial charge on any atom is 0.271 e. The van der Waals surface area contributed by atoms with E-state index in [4.69, 9.17) is 0 Å². The van der Waals surface area contributed by atoms with Crippen molar-refractivity contribution in [2.45, 2.75) is 70.7 Å². The highest BCUT2D eigenvalue weighted by Gasteiger charge is 2.36. The summed E-state index contributed by atoms with van der Waals surface area (Å²) in [5, 5.41) is 0. The third-order valence-corrected chi connectivity index (χ3v) is 8.48. The Balaban J connectivity index is 2.01. The van der Waals surface area contributed by atoms with Crippen molar-refractivity contribution in [3.8, 4) is 0 Å². The molecule has 2 saturated heterocycles. The highest BCUT2D eigenvalue weighted by atomic mass is 32.2. The first kappa shape index (κ1) is 20.4. The fraction of sp³-hybridized carbons (Fsp3) is 0.750. The van der Waals surface area contributed by atoms with E-state index in [-0.39, 0.29) is 11.9 Å². The second kappa shape index (κ2) is 7.59. The van der Waals surface area contributed by atoms with Gasteiger partial charge in [-0.05, 0) is 58.8 Å². The van der Waals surface area contributed by atoms with Crippen LogP contribution in [0, 0.1) is 19.8 Å². The molecule has 1 amide bonds. The Kier molecular flexibility index (Phi) is 5.73. The van der Waals surface area contributed by atoms with E-state index in [9.17, 15) is 13.2 Å². The molecule has 0 radical (unpaired) electrons. The summed E-state index contributed by atoms with van der Waals surface area (Å²) < 4.78 is 30.2. The number of amides is 1. The van der Waals surface area contributed by atoms with E-state index >= 15 is 0 Å². The van der Waals surface area contributed by atoms with E-state index in [2.05, 4.69) is 13.8 Å². The van der Waals surface area contributed by atoms with Gasteiger partial charge in [0.15, 0.2) is 0 Å². The van der Waals surface area contributed by atoms with Gasteiger partial charge in [-0.3, -0.25) is 4.79 Å². The lowest BCUT2D eigenvalue weighted by atomic mass is 10.0. The van der Waals surface area contributed by atoms with Crippen LogP contribution in [0.25, 0.3) is 0 Å². The molecule has 0 aliphatic carbocycles. The molecule has 152 valence electrons. The van der Waals surface area contributed by atoms with E-state index in [1.54, 1.807) is 15.8 Å². The molecule has 2 unspecified atom stereocenters. The molecule has 3 rings (SSSR count). The van der Waals surface area contributed by atoms with Gasteiger partial charge in [-0.2, -0.15) is 4.31 Å². The molecule has 0 N–H and O–H groups in total. The monoisotopic (exact) mass is 395 g/mol. The van der Waals surface area contributed by atoms with E-state index in [0.717, 1.165) is 38.6 Å². The largest absolute Gasteiger partial charge is 0.342 e. The van der Waals surface area contributed by atoms with Crippen molar-refractivity contribution in [2.75, 3.05) is 19.6 Å². The molecule has 2 atom stereocenters. The summed E-state index contributed by atoms with van der Waals surface area (Å²) >= 11 is 0. The smallest absolute Gasteiger partial charge is 0.271 e. The number of sulfonamides is 1. The number of hydrogen-bond donors (Lipinski definition) is 0. The zero-order chi connectivity index (χ0) is 19.9. The first-order valence-corrected chi connectivity index (χ1v) is 11.6. The lowest BCUT2D eigenvalue weighted by molar-refractivity contribution is 0.0624. The van der Waals surface area contributed by atoms with E-state index in [0.29, 0.717) is 40.9 Å². The zero-order valence-corrected chi connectivity index (χ0v) is 18.1. The van der Waals surface area contributed by atoms with Crippen molar-refractivity contribution in [3.05, 3.63) is 17.0 Å². The zero-order valence-electron chi connectivity index (χ0n) is 17.3. The van der Waals surface area contributed by atoms with Gasteiger partial charge in [-0.15, -0.1) is 0 Å². The molecule has 1 aromatic rings. The van der Waals surface area contributed by atoms with Crippen LogP contribution in [0.15, 0.2) is 4.90 Å². The second-order valence-corrected chi connectivity index (χ2v) is 10.3. The van der Waals surface area contributed by atoms with Crippen molar-refractivity contribution >= 4 is 15.9 Å². The predicted octanol–water partition coefficient (Wildman–Crippen LogP) is 3.08. The van der Waals surface area contributed by atoms with Crippen LogP contribution in [0.3, 0.4) is 0 Å². The van der Waals surface area contributed by atoms with E-state index in [1.165, 1.54) is 0 Å². The van der Waals surface area contributed by atoms with Gasteiger partial charge in [0, 0.05) is 44.0 Å². The number of nitrogens with zero attached hydrogens (tertiary/aromatic N) is 3. The fourth-order valence-corrected chi connectivity index (χ4v) is 6.74. The van der Waals surface area contributed by atoms with Crippen molar-refractivity contribution in [1.29, 1.82) is 0 Å². The molecule has 7 heteroatoms. The third kappa shape index (κ3) is 3.56. The molecule has 0 saturated carbocycles. The highest BCUT2D eigenvalue weighted by Crippen LogP contribution is 2.32. The summed E-state index contributed by atoms with van der Waals surface area (Å²) in [6.45, 7) is 9.64. The van der Waals surface area contributed by atoms with Gasteiger partial charge >= 0.3 is 0 Å². The number of likely N-dealkylation sites (tertiary alicyclic amines) is 1. The van der Waals surface area contributed by atoms with Crippen LogP contribution in [-0.2, 0) is 17.1 Å². The van der Waals surface area contributed by atoms with Crippen LogP contribution in [0.5, 0.6) is 0 Å². The van der Waals surface area contributed by atoms with Gasteiger partial charge < -0.3 is 9.47 Å². The quantitative estimate of drug-likeness (QED) is 0.790. The van der Waals surface area contributed by atoms with Crippen molar-refractivity contribution in [2.24, 2.45) is 13.0 Å². The molecule has 0 bridgehead atoms. The Morgan fingerprint density at radius 1 is 1.04 bits per heavy atom. The third-order valence-electron chi connectivity index (χ3n) is 6.35. The number of aromatic nitrogens is 1. The van der Waals surface area contributed by atoms with Crippen molar-refractivity contribution in [3.63, 3.8) is 0 Å². The molecule has 6 nitrogen and oxygen atoms in total. The predicted molar refractivity (Wildman–Crippen MR) is 106 cm³/mol. The van der Waals surface area contributed by atoms with Crippen molar-refractivity contribution < 1.29 is 13.2 Å². The molecule has 27 heavy (non-hydrogen) atoms. The van der Waals surface area contributed by atoms with Gasteiger partial charge in [-0.1, -0.05) is 6.92 Å². The number of hydrogen-bond acceptors (Lipinski definition) is 3. The van der Waals surface area contributed by atoms with Crippen LogP contribution in [0.2, 0.25) is 0 Å². The average Bonchev–Trinajstić information content (AvgIpc) is 2.84. The normalized spacial score (nSPS) is 25.0. The van der Waals surface area contributed by atoms with Gasteiger partial charge in [-0.25, -0.2) is 8.42 Å². The standard InChI is InChI=1S/C20H33N3O3S/c1-14-9-8-11-22(13-14)27(25,26)19-16(3)18(21(5)17(19)4)20(24)23-12-7-6-10-15(23)2/h14-15H,6-13H2,1-5H3. The Morgan fingerprint density at radius 3 is 2.37 bits per heavy atom. The summed E-state index contributed by atoms with van der Waals surface area (Å²) in [7, 11) is -1.79. The Labute approximate surface area is 163 Å². The Bertz CT molecular complexity index is 828. The number of carbonyl (C=O) groups is 1. The molecule has 2 fully saturated rings. The summed E-state index contributed by atoms with van der Waals surface area (Å²) in [5.41, 5.74) is 1.76. The Morgan fingerprint density at radius 2 is 1.74 bits per heavy atom. The van der Waals surface area contributed by atoms with Crippen LogP contribution in [0.1, 0.15) is 67.7 Å². The molecule has 1 aromatic heterocycles. The van der Waals surface area contributed by atoms with Crippen LogP contribution in [-0.4, -0.2) is 53.8 Å². The molecule has 2 aliphatic rings. The summed E-state index contributed by atoms with van der Waals surface area (Å²) in [6, 6.07) is 0.198. The number of rotatable bonds is 3. The maximum absolute atomic E-state index is 13.4. The van der Waals surface area contributed by atoms with Gasteiger partial charge in [0.05, 0.1) is 0 Å². The SMILES string of the molecule is Cc1c(S(=O)(=O)N2CCCC(C)C2)c(C)n(C)c1C(=O)N1CCCCC1C. The average molecular weight is 396 g/mol. The number of carbonyl (C=O) groups excluding carboxylic acids is 1. The van der Waals surface area contributed by atoms with Gasteiger partial charge in [0.2, 0.25) is 10.0 Å². The lowest BCUT2D eigenvalue weighted by Gasteiger charge is -2.33. The van der Waals surface area contributed by atoms with Crippen LogP contribution >= 0.6 is 0 Å². The van der Waals surface area contributed by atoms with Crippen molar-refractivity contribution in [1.82, 2.24) is 13.8 Å².